The van der Waals surface area contributed by atoms with E-state index < -0.39 is 0 Å². The Hall–Kier alpha value is -2.82. The Morgan fingerprint density at radius 2 is 1.61 bits per heavy atom. The highest BCUT2D eigenvalue weighted by molar-refractivity contribution is 5.93. The summed E-state index contributed by atoms with van der Waals surface area (Å²) in [6.07, 6.45) is 1.11. The van der Waals surface area contributed by atoms with Crippen LogP contribution in [0.5, 0.6) is 0 Å². The SMILES string of the molecule is CNC(=O)Nc1cccc(NC(=O)CCc2ccc(C)cc2)c1. The number of aryl methyl sites for hydroxylation is 2. The zero-order valence-electron chi connectivity index (χ0n) is 13.3. The topological polar surface area (TPSA) is 70.2 Å². The van der Waals surface area contributed by atoms with Crippen LogP contribution in [0.25, 0.3) is 0 Å². The Balaban J connectivity index is 1.88. The molecule has 0 atom stereocenters. The molecule has 3 N–H and O–H groups in total. The number of anilines is 2. The average molecular weight is 311 g/mol. The summed E-state index contributed by atoms with van der Waals surface area (Å²) < 4.78 is 0. The fourth-order valence-corrected chi connectivity index (χ4v) is 2.10. The molecule has 2 aromatic carbocycles. The van der Waals surface area contributed by atoms with Crippen molar-refractivity contribution in [3.63, 3.8) is 0 Å². The highest BCUT2D eigenvalue weighted by Crippen LogP contribution is 2.15. The predicted octanol–water partition coefficient (Wildman–Crippen LogP) is 3.32. The van der Waals surface area contributed by atoms with Gasteiger partial charge in [-0.25, -0.2) is 4.79 Å². The van der Waals surface area contributed by atoms with Crippen LogP contribution in [-0.4, -0.2) is 19.0 Å². The summed E-state index contributed by atoms with van der Waals surface area (Å²) in [5.41, 5.74) is 3.63. The molecule has 0 unspecified atom stereocenters. The second-order valence-electron chi connectivity index (χ2n) is 5.32. The molecule has 0 aliphatic heterocycles. The van der Waals surface area contributed by atoms with Crippen LogP contribution in [0.4, 0.5) is 16.2 Å². The van der Waals surface area contributed by atoms with Gasteiger partial charge in [-0.3, -0.25) is 4.79 Å². The van der Waals surface area contributed by atoms with E-state index in [-0.39, 0.29) is 11.9 Å². The lowest BCUT2D eigenvalue weighted by Crippen LogP contribution is -2.24. The van der Waals surface area contributed by atoms with Crippen molar-refractivity contribution in [3.05, 3.63) is 59.7 Å². The van der Waals surface area contributed by atoms with Gasteiger partial charge in [0.05, 0.1) is 0 Å². The van der Waals surface area contributed by atoms with Gasteiger partial charge in [0.2, 0.25) is 5.91 Å². The molecule has 0 aliphatic carbocycles. The Kier molecular flexibility index (Phi) is 5.74. The maximum atomic E-state index is 12.0. The van der Waals surface area contributed by atoms with E-state index in [4.69, 9.17) is 0 Å². The molecule has 0 aliphatic rings. The second-order valence-corrected chi connectivity index (χ2v) is 5.32. The monoisotopic (exact) mass is 311 g/mol. The predicted molar refractivity (Wildman–Crippen MR) is 92.7 cm³/mol. The molecule has 0 saturated carbocycles. The van der Waals surface area contributed by atoms with E-state index in [1.54, 1.807) is 31.3 Å². The summed E-state index contributed by atoms with van der Waals surface area (Å²) >= 11 is 0. The number of urea groups is 1. The van der Waals surface area contributed by atoms with Gasteiger partial charge in [-0.1, -0.05) is 35.9 Å². The Morgan fingerprint density at radius 3 is 2.26 bits per heavy atom. The highest BCUT2D eigenvalue weighted by Gasteiger charge is 2.05. The fraction of sp³-hybridized carbons (Fsp3) is 0.222. The van der Waals surface area contributed by atoms with Crippen LogP contribution in [0, 0.1) is 6.92 Å². The van der Waals surface area contributed by atoms with Gasteiger partial charge in [0.25, 0.3) is 0 Å². The number of rotatable bonds is 5. The standard InChI is InChI=1S/C18H21N3O2/c1-13-6-8-14(9-7-13)10-11-17(22)20-15-4-3-5-16(12-15)21-18(23)19-2/h3-9,12H,10-11H2,1-2H3,(H,20,22)(H2,19,21,23). The van der Waals surface area contributed by atoms with Crippen molar-refractivity contribution in [2.24, 2.45) is 0 Å². The number of hydrogen-bond donors (Lipinski definition) is 3. The number of amides is 3. The summed E-state index contributed by atoms with van der Waals surface area (Å²) in [6.45, 7) is 2.04. The zero-order valence-corrected chi connectivity index (χ0v) is 13.3. The minimum absolute atomic E-state index is 0.0531. The van der Waals surface area contributed by atoms with Crippen LogP contribution in [0.3, 0.4) is 0 Å². The van der Waals surface area contributed by atoms with Crippen LogP contribution in [0.1, 0.15) is 17.5 Å². The smallest absolute Gasteiger partial charge is 0.318 e. The van der Waals surface area contributed by atoms with Crippen molar-refractivity contribution >= 4 is 23.3 Å². The summed E-state index contributed by atoms with van der Waals surface area (Å²) in [4.78, 5) is 23.3. The van der Waals surface area contributed by atoms with E-state index in [1.165, 1.54) is 5.56 Å². The van der Waals surface area contributed by atoms with Gasteiger partial charge < -0.3 is 16.0 Å². The van der Waals surface area contributed by atoms with E-state index in [0.717, 1.165) is 5.56 Å². The first-order valence-electron chi connectivity index (χ1n) is 7.51. The van der Waals surface area contributed by atoms with Crippen LogP contribution in [0.2, 0.25) is 0 Å². The Bertz CT molecular complexity index is 681. The Morgan fingerprint density at radius 1 is 0.957 bits per heavy atom. The molecule has 0 bridgehead atoms. The van der Waals surface area contributed by atoms with Gasteiger partial charge >= 0.3 is 6.03 Å². The summed E-state index contributed by atoms with van der Waals surface area (Å²) in [5, 5.41) is 7.99. The molecule has 120 valence electrons. The molecule has 5 nitrogen and oxygen atoms in total. The van der Waals surface area contributed by atoms with E-state index in [1.807, 2.05) is 31.2 Å². The van der Waals surface area contributed by atoms with Crippen molar-refractivity contribution < 1.29 is 9.59 Å². The van der Waals surface area contributed by atoms with Gasteiger partial charge in [0.1, 0.15) is 0 Å². The molecule has 0 radical (unpaired) electrons. The maximum absolute atomic E-state index is 12.0. The lowest BCUT2D eigenvalue weighted by Gasteiger charge is -2.09. The van der Waals surface area contributed by atoms with Crippen molar-refractivity contribution in [3.8, 4) is 0 Å². The molecule has 0 fully saturated rings. The second kappa shape index (κ2) is 7.98. The number of benzene rings is 2. The molecule has 2 rings (SSSR count). The van der Waals surface area contributed by atoms with Gasteiger partial charge in [-0.2, -0.15) is 0 Å². The van der Waals surface area contributed by atoms with Gasteiger partial charge in [-0.15, -0.1) is 0 Å². The normalized spacial score (nSPS) is 10.0. The first kappa shape index (κ1) is 16.5. The zero-order chi connectivity index (χ0) is 16.7. The summed E-state index contributed by atoms with van der Waals surface area (Å²) in [6, 6.07) is 14.9. The third-order valence-corrected chi connectivity index (χ3v) is 3.39. The minimum atomic E-state index is -0.298. The third kappa shape index (κ3) is 5.47. The van der Waals surface area contributed by atoms with Gasteiger partial charge in [0, 0.05) is 24.8 Å². The largest absolute Gasteiger partial charge is 0.341 e. The average Bonchev–Trinajstić information content (AvgIpc) is 2.54. The van der Waals surface area contributed by atoms with Gasteiger partial charge in [-0.05, 0) is 37.1 Å². The van der Waals surface area contributed by atoms with E-state index >= 15 is 0 Å². The molecule has 3 amide bonds. The maximum Gasteiger partial charge on any atom is 0.318 e. The molecule has 0 saturated heterocycles. The molecular formula is C18H21N3O2. The highest BCUT2D eigenvalue weighted by atomic mass is 16.2. The van der Waals surface area contributed by atoms with E-state index in [9.17, 15) is 9.59 Å². The van der Waals surface area contributed by atoms with Crippen molar-refractivity contribution in [1.82, 2.24) is 5.32 Å². The van der Waals surface area contributed by atoms with Crippen LogP contribution < -0.4 is 16.0 Å². The lowest BCUT2D eigenvalue weighted by molar-refractivity contribution is -0.116. The first-order chi connectivity index (χ1) is 11.1. The first-order valence-corrected chi connectivity index (χ1v) is 7.51. The van der Waals surface area contributed by atoms with Crippen molar-refractivity contribution in [1.29, 1.82) is 0 Å². The fourth-order valence-electron chi connectivity index (χ4n) is 2.10. The van der Waals surface area contributed by atoms with Crippen LogP contribution in [-0.2, 0) is 11.2 Å². The van der Waals surface area contributed by atoms with Crippen molar-refractivity contribution in [2.75, 3.05) is 17.7 Å². The molecule has 0 heterocycles. The Labute approximate surface area is 136 Å². The van der Waals surface area contributed by atoms with Gasteiger partial charge in [0.15, 0.2) is 0 Å². The van der Waals surface area contributed by atoms with Crippen LogP contribution in [0.15, 0.2) is 48.5 Å². The van der Waals surface area contributed by atoms with Crippen molar-refractivity contribution in [2.45, 2.75) is 19.8 Å². The quantitative estimate of drug-likeness (QED) is 0.793. The molecule has 23 heavy (non-hydrogen) atoms. The minimum Gasteiger partial charge on any atom is -0.341 e. The number of carbonyl (C=O) groups is 2. The number of nitrogens with one attached hydrogen (secondary N) is 3. The lowest BCUT2D eigenvalue weighted by atomic mass is 10.1. The molecular weight excluding hydrogens is 290 g/mol. The number of carbonyl (C=O) groups excluding carboxylic acids is 2. The molecule has 0 spiro atoms. The molecule has 0 aromatic heterocycles. The molecule has 2 aromatic rings. The summed E-state index contributed by atoms with van der Waals surface area (Å²) in [7, 11) is 1.55. The van der Waals surface area contributed by atoms with Crippen LogP contribution >= 0.6 is 0 Å². The molecule has 5 heteroatoms. The summed E-state index contributed by atoms with van der Waals surface area (Å²) in [5.74, 6) is -0.0531. The van der Waals surface area contributed by atoms with E-state index in [2.05, 4.69) is 16.0 Å². The van der Waals surface area contributed by atoms with E-state index in [0.29, 0.717) is 24.2 Å². The third-order valence-electron chi connectivity index (χ3n) is 3.39. The number of hydrogen-bond acceptors (Lipinski definition) is 2.